The third-order valence-corrected chi connectivity index (χ3v) is 5.37. The summed E-state index contributed by atoms with van der Waals surface area (Å²) in [5.41, 5.74) is 5.98. The number of imidazole rings is 1. The molecule has 1 N–H and O–H groups in total. The summed E-state index contributed by atoms with van der Waals surface area (Å²) < 4.78 is 2.12. The van der Waals surface area contributed by atoms with Crippen LogP contribution in [0.25, 0.3) is 38.9 Å². The highest BCUT2D eigenvalue weighted by Gasteiger charge is 2.20. The van der Waals surface area contributed by atoms with Gasteiger partial charge in [-0.25, -0.2) is 4.98 Å². The Bertz CT molecular complexity index is 1390. The zero-order chi connectivity index (χ0) is 21.6. The van der Waals surface area contributed by atoms with Gasteiger partial charge >= 0.3 is 0 Å². The van der Waals surface area contributed by atoms with Gasteiger partial charge in [0.25, 0.3) is 0 Å². The first kappa shape index (κ1) is 19.3. The van der Waals surface area contributed by atoms with Gasteiger partial charge in [0.1, 0.15) is 11.5 Å². The number of anilines is 1. The minimum Gasteiger partial charge on any atom is -0.365 e. The van der Waals surface area contributed by atoms with E-state index in [2.05, 4.69) is 110 Å². The molecule has 0 amide bonds. The number of benzene rings is 3. The van der Waals surface area contributed by atoms with Crippen molar-refractivity contribution in [2.75, 3.05) is 5.32 Å². The number of nitrogens with one attached hydrogen (secondary N) is 1. The van der Waals surface area contributed by atoms with Crippen LogP contribution in [-0.2, 0) is 0 Å². The van der Waals surface area contributed by atoms with Crippen molar-refractivity contribution in [1.82, 2.24) is 14.4 Å². The van der Waals surface area contributed by atoms with Gasteiger partial charge in [0, 0.05) is 22.9 Å². The van der Waals surface area contributed by atoms with E-state index in [1.54, 1.807) is 0 Å². The first-order valence-corrected chi connectivity index (χ1v) is 10.6. The molecule has 0 unspecified atom stereocenters. The fourth-order valence-electron chi connectivity index (χ4n) is 3.84. The van der Waals surface area contributed by atoms with Crippen molar-refractivity contribution in [1.29, 1.82) is 0 Å². The summed E-state index contributed by atoms with van der Waals surface area (Å²) in [6.07, 6.45) is 3.93. The lowest BCUT2D eigenvalue weighted by Gasteiger charge is -2.22. The summed E-state index contributed by atoms with van der Waals surface area (Å²) in [4.78, 5) is 9.65. The molecule has 5 aromatic rings. The number of hydrogen-bond acceptors (Lipinski definition) is 3. The number of fused-ring (bicyclic) bond motifs is 2. The van der Waals surface area contributed by atoms with E-state index < -0.39 is 0 Å². The van der Waals surface area contributed by atoms with Crippen LogP contribution in [0, 0.1) is 6.92 Å². The molecule has 154 valence electrons. The second-order valence-corrected chi connectivity index (χ2v) is 9.11. The van der Waals surface area contributed by atoms with Crippen molar-refractivity contribution in [3.8, 4) is 22.5 Å². The zero-order valence-electron chi connectivity index (χ0n) is 18.3. The van der Waals surface area contributed by atoms with Gasteiger partial charge in [-0.05, 0) is 44.5 Å². The van der Waals surface area contributed by atoms with Crippen LogP contribution < -0.4 is 5.32 Å². The molecule has 0 saturated heterocycles. The topological polar surface area (TPSA) is 42.2 Å². The van der Waals surface area contributed by atoms with Crippen LogP contribution >= 0.6 is 0 Å². The van der Waals surface area contributed by atoms with E-state index >= 15 is 0 Å². The van der Waals surface area contributed by atoms with Gasteiger partial charge in [0.05, 0.1) is 11.9 Å². The molecule has 4 nitrogen and oxygen atoms in total. The third kappa shape index (κ3) is 3.77. The van der Waals surface area contributed by atoms with Gasteiger partial charge < -0.3 is 5.32 Å². The highest BCUT2D eigenvalue weighted by molar-refractivity contribution is 5.89. The molecule has 3 aromatic carbocycles. The summed E-state index contributed by atoms with van der Waals surface area (Å²) in [6.45, 7) is 8.59. The third-order valence-electron chi connectivity index (χ3n) is 5.37. The van der Waals surface area contributed by atoms with Gasteiger partial charge in [-0.3, -0.25) is 9.38 Å². The maximum Gasteiger partial charge on any atom is 0.157 e. The number of aryl methyl sites for hydroxylation is 1. The Kier molecular flexibility index (Phi) is 4.51. The number of hydrogen-bond donors (Lipinski definition) is 1. The van der Waals surface area contributed by atoms with Crippen molar-refractivity contribution in [2.24, 2.45) is 0 Å². The molecular formula is C27H26N4. The van der Waals surface area contributed by atoms with Gasteiger partial charge in [-0.2, -0.15) is 0 Å². The Hall–Kier alpha value is -3.66. The molecular weight excluding hydrogens is 380 g/mol. The second-order valence-electron chi connectivity index (χ2n) is 9.11. The maximum absolute atomic E-state index is 4.96. The lowest BCUT2D eigenvalue weighted by Crippen LogP contribution is -2.27. The van der Waals surface area contributed by atoms with E-state index in [-0.39, 0.29) is 5.54 Å². The van der Waals surface area contributed by atoms with Crippen LogP contribution in [0.3, 0.4) is 0 Å². The Labute approximate surface area is 182 Å². The summed E-state index contributed by atoms with van der Waals surface area (Å²) >= 11 is 0. The van der Waals surface area contributed by atoms with E-state index in [0.717, 1.165) is 34.0 Å². The monoisotopic (exact) mass is 406 g/mol. The average molecular weight is 407 g/mol. The Balaban J connectivity index is 1.71. The summed E-state index contributed by atoms with van der Waals surface area (Å²) in [5, 5.41) is 6.11. The Morgan fingerprint density at radius 1 is 0.839 bits per heavy atom. The molecule has 2 heterocycles. The van der Waals surface area contributed by atoms with E-state index in [9.17, 15) is 0 Å². The van der Waals surface area contributed by atoms with Crippen LogP contribution in [-0.4, -0.2) is 19.9 Å². The van der Waals surface area contributed by atoms with Crippen LogP contribution in [0.5, 0.6) is 0 Å². The predicted octanol–water partition coefficient (Wildman–Crippen LogP) is 6.74. The molecule has 0 aliphatic rings. The predicted molar refractivity (Wildman–Crippen MR) is 129 cm³/mol. The highest BCUT2D eigenvalue weighted by atomic mass is 15.2. The summed E-state index contributed by atoms with van der Waals surface area (Å²) in [6, 6.07) is 23.4. The van der Waals surface area contributed by atoms with Crippen molar-refractivity contribution in [3.05, 3.63) is 84.7 Å². The molecule has 31 heavy (non-hydrogen) atoms. The van der Waals surface area contributed by atoms with Crippen LogP contribution in [0.1, 0.15) is 26.3 Å². The molecule has 0 radical (unpaired) electrons. The zero-order valence-corrected chi connectivity index (χ0v) is 18.3. The highest BCUT2D eigenvalue weighted by Crippen LogP contribution is 2.33. The molecule has 2 aromatic heterocycles. The van der Waals surface area contributed by atoms with E-state index in [4.69, 9.17) is 9.97 Å². The van der Waals surface area contributed by atoms with Crippen molar-refractivity contribution >= 4 is 22.2 Å². The Morgan fingerprint density at radius 2 is 1.55 bits per heavy atom. The van der Waals surface area contributed by atoms with Crippen LogP contribution in [0.15, 0.2) is 79.1 Å². The normalized spacial score (nSPS) is 11.9. The molecule has 0 fully saturated rings. The Morgan fingerprint density at radius 3 is 2.29 bits per heavy atom. The molecule has 0 bridgehead atoms. The van der Waals surface area contributed by atoms with Crippen molar-refractivity contribution < 1.29 is 0 Å². The van der Waals surface area contributed by atoms with Crippen LogP contribution in [0.4, 0.5) is 5.82 Å². The van der Waals surface area contributed by atoms with Gasteiger partial charge in [0.15, 0.2) is 5.65 Å². The van der Waals surface area contributed by atoms with Crippen molar-refractivity contribution in [3.63, 3.8) is 0 Å². The van der Waals surface area contributed by atoms with Gasteiger partial charge in [-0.15, -0.1) is 0 Å². The van der Waals surface area contributed by atoms with E-state index in [1.807, 2.05) is 6.20 Å². The fraction of sp³-hybridized carbons (Fsp3) is 0.185. The lowest BCUT2D eigenvalue weighted by atomic mass is 10.0. The largest absolute Gasteiger partial charge is 0.365 e. The standard InChI is InChI=1S/C27H26N4/c1-18-9-11-20(12-10-18)23-17-31-24(16-28-23)29-25(26(31)30-27(2,3)4)22-14-13-19-7-5-6-8-21(19)15-22/h5-17,30H,1-4H3. The average Bonchev–Trinajstić information content (AvgIpc) is 3.10. The molecule has 0 atom stereocenters. The maximum atomic E-state index is 4.96. The SMILES string of the molecule is Cc1ccc(-c2cn3c(NC(C)(C)C)c(-c4ccc5ccccc5c4)nc3cn2)cc1. The van der Waals surface area contributed by atoms with E-state index in [1.165, 1.54) is 16.3 Å². The van der Waals surface area contributed by atoms with E-state index in [0.29, 0.717) is 0 Å². The smallest absolute Gasteiger partial charge is 0.157 e. The van der Waals surface area contributed by atoms with Gasteiger partial charge in [-0.1, -0.05) is 66.2 Å². The first-order chi connectivity index (χ1) is 14.9. The fourth-order valence-corrected chi connectivity index (χ4v) is 3.84. The molecule has 4 heteroatoms. The lowest BCUT2D eigenvalue weighted by molar-refractivity contribution is 0.629. The minimum absolute atomic E-state index is 0.116. The van der Waals surface area contributed by atoms with Crippen molar-refractivity contribution in [2.45, 2.75) is 33.2 Å². The quantitative estimate of drug-likeness (QED) is 0.361. The molecule has 0 aliphatic carbocycles. The first-order valence-electron chi connectivity index (χ1n) is 10.6. The minimum atomic E-state index is -0.116. The number of aromatic nitrogens is 3. The molecule has 5 rings (SSSR count). The molecule has 0 spiro atoms. The molecule has 0 saturated carbocycles. The second kappa shape index (κ2) is 7.24. The van der Waals surface area contributed by atoms with Gasteiger partial charge in [0.2, 0.25) is 0 Å². The number of rotatable bonds is 3. The molecule has 0 aliphatic heterocycles. The van der Waals surface area contributed by atoms with Crippen LogP contribution in [0.2, 0.25) is 0 Å². The summed E-state index contributed by atoms with van der Waals surface area (Å²) in [7, 11) is 0. The number of nitrogens with zero attached hydrogens (tertiary/aromatic N) is 3. The summed E-state index contributed by atoms with van der Waals surface area (Å²) in [5.74, 6) is 0.980.